The van der Waals surface area contributed by atoms with Crippen LogP contribution in [0.5, 0.6) is 0 Å². The van der Waals surface area contributed by atoms with Gasteiger partial charge in [0.15, 0.2) is 0 Å². The highest BCUT2D eigenvalue weighted by Gasteiger charge is 2.13. The summed E-state index contributed by atoms with van der Waals surface area (Å²) in [7, 11) is 0. The van der Waals surface area contributed by atoms with E-state index in [2.05, 4.69) is 30.6 Å². The second kappa shape index (κ2) is 5.61. The monoisotopic (exact) mass is 184 g/mol. The summed E-state index contributed by atoms with van der Waals surface area (Å²) in [6, 6.07) is 0.701. The summed E-state index contributed by atoms with van der Waals surface area (Å²) in [4.78, 5) is 5.13. The van der Waals surface area contributed by atoms with E-state index in [-0.39, 0.29) is 0 Å². The summed E-state index contributed by atoms with van der Waals surface area (Å²) in [5.74, 6) is 0. The Labute approximate surface area is 82.9 Å². The van der Waals surface area contributed by atoms with Gasteiger partial charge in [-0.25, -0.2) is 0 Å². The first-order valence-electron chi connectivity index (χ1n) is 5.70. The molecule has 0 saturated carbocycles. The van der Waals surface area contributed by atoms with E-state index in [1.165, 1.54) is 45.6 Å². The fourth-order valence-electron chi connectivity index (χ4n) is 2.06. The van der Waals surface area contributed by atoms with Gasteiger partial charge in [-0.2, -0.15) is 0 Å². The second-order valence-electron chi connectivity index (χ2n) is 4.27. The molecule has 0 radical (unpaired) electrons. The van der Waals surface area contributed by atoms with Crippen LogP contribution in [0.3, 0.4) is 0 Å². The summed E-state index contributed by atoms with van der Waals surface area (Å²) < 4.78 is 0. The minimum Gasteiger partial charge on any atom is -0.302 e. The van der Waals surface area contributed by atoms with Gasteiger partial charge in [0.05, 0.1) is 0 Å². The first-order valence-corrected chi connectivity index (χ1v) is 5.70. The van der Waals surface area contributed by atoms with Crippen molar-refractivity contribution >= 4 is 0 Å². The standard InChI is InChI=1S/C11H24N2/c1-4-13(11(2)3)10-9-12-7-5-6-8-12/h11H,4-10H2,1-3H3. The Morgan fingerprint density at radius 2 is 1.85 bits per heavy atom. The lowest BCUT2D eigenvalue weighted by Crippen LogP contribution is -2.37. The Hall–Kier alpha value is -0.0800. The van der Waals surface area contributed by atoms with Crippen molar-refractivity contribution < 1.29 is 0 Å². The minimum absolute atomic E-state index is 0.701. The summed E-state index contributed by atoms with van der Waals surface area (Å²) in [5, 5.41) is 0. The lowest BCUT2D eigenvalue weighted by molar-refractivity contribution is 0.197. The third kappa shape index (κ3) is 3.65. The van der Waals surface area contributed by atoms with E-state index in [1.807, 2.05) is 0 Å². The van der Waals surface area contributed by atoms with Crippen molar-refractivity contribution in [1.29, 1.82) is 0 Å². The van der Waals surface area contributed by atoms with Crippen molar-refractivity contribution in [2.24, 2.45) is 0 Å². The van der Waals surface area contributed by atoms with Crippen LogP contribution in [0.25, 0.3) is 0 Å². The smallest absolute Gasteiger partial charge is 0.0112 e. The molecule has 0 unspecified atom stereocenters. The number of hydrogen-bond acceptors (Lipinski definition) is 2. The van der Waals surface area contributed by atoms with Crippen LogP contribution in [-0.2, 0) is 0 Å². The van der Waals surface area contributed by atoms with Crippen molar-refractivity contribution in [3.63, 3.8) is 0 Å². The molecule has 0 N–H and O–H groups in total. The molecule has 1 heterocycles. The molecule has 0 bridgehead atoms. The molecule has 13 heavy (non-hydrogen) atoms. The Bertz CT molecular complexity index is 128. The maximum absolute atomic E-state index is 2.59. The maximum atomic E-state index is 2.59. The van der Waals surface area contributed by atoms with Crippen LogP contribution in [0, 0.1) is 0 Å². The average molecular weight is 184 g/mol. The van der Waals surface area contributed by atoms with Gasteiger partial charge in [-0.1, -0.05) is 6.92 Å². The van der Waals surface area contributed by atoms with Gasteiger partial charge in [-0.05, 0) is 46.3 Å². The molecule has 0 spiro atoms. The van der Waals surface area contributed by atoms with Crippen LogP contribution in [0.1, 0.15) is 33.6 Å². The van der Waals surface area contributed by atoms with Crippen molar-refractivity contribution in [3.05, 3.63) is 0 Å². The predicted molar refractivity (Wildman–Crippen MR) is 58.1 cm³/mol. The van der Waals surface area contributed by atoms with Crippen molar-refractivity contribution in [2.45, 2.75) is 39.7 Å². The summed E-state index contributed by atoms with van der Waals surface area (Å²) in [6.45, 7) is 13.2. The number of nitrogens with zero attached hydrogens (tertiary/aromatic N) is 2. The number of likely N-dealkylation sites (tertiary alicyclic amines) is 1. The SMILES string of the molecule is CCN(CCN1CCCC1)C(C)C. The lowest BCUT2D eigenvalue weighted by atomic mass is 10.3. The zero-order chi connectivity index (χ0) is 9.68. The maximum Gasteiger partial charge on any atom is 0.0112 e. The largest absolute Gasteiger partial charge is 0.302 e. The van der Waals surface area contributed by atoms with E-state index in [9.17, 15) is 0 Å². The van der Waals surface area contributed by atoms with E-state index in [1.54, 1.807) is 0 Å². The summed E-state index contributed by atoms with van der Waals surface area (Å²) in [5.41, 5.74) is 0. The van der Waals surface area contributed by atoms with Crippen molar-refractivity contribution in [3.8, 4) is 0 Å². The van der Waals surface area contributed by atoms with Gasteiger partial charge < -0.3 is 4.90 Å². The van der Waals surface area contributed by atoms with Gasteiger partial charge in [-0.3, -0.25) is 4.90 Å². The first-order chi connectivity index (χ1) is 6.24. The van der Waals surface area contributed by atoms with Crippen LogP contribution in [-0.4, -0.2) is 48.6 Å². The molecule has 0 aliphatic carbocycles. The van der Waals surface area contributed by atoms with Gasteiger partial charge in [-0.15, -0.1) is 0 Å². The zero-order valence-corrected chi connectivity index (χ0v) is 9.42. The van der Waals surface area contributed by atoms with Crippen LogP contribution >= 0.6 is 0 Å². The highest BCUT2D eigenvalue weighted by atomic mass is 15.2. The highest BCUT2D eigenvalue weighted by Crippen LogP contribution is 2.07. The Kier molecular flexibility index (Phi) is 4.74. The van der Waals surface area contributed by atoms with Gasteiger partial charge in [0.25, 0.3) is 0 Å². The molecule has 1 rings (SSSR count). The third-order valence-corrected chi connectivity index (χ3v) is 3.04. The van der Waals surface area contributed by atoms with E-state index < -0.39 is 0 Å². The molecule has 1 saturated heterocycles. The van der Waals surface area contributed by atoms with Gasteiger partial charge >= 0.3 is 0 Å². The van der Waals surface area contributed by atoms with Crippen LogP contribution in [0.15, 0.2) is 0 Å². The molecule has 0 aromatic carbocycles. The molecule has 1 fully saturated rings. The number of rotatable bonds is 5. The zero-order valence-electron chi connectivity index (χ0n) is 9.42. The molecule has 2 nitrogen and oxygen atoms in total. The van der Waals surface area contributed by atoms with Gasteiger partial charge in [0.2, 0.25) is 0 Å². The van der Waals surface area contributed by atoms with E-state index in [0.29, 0.717) is 6.04 Å². The Balaban J connectivity index is 2.15. The van der Waals surface area contributed by atoms with Crippen LogP contribution in [0.4, 0.5) is 0 Å². The molecular weight excluding hydrogens is 160 g/mol. The Morgan fingerprint density at radius 3 is 2.31 bits per heavy atom. The molecule has 0 aromatic rings. The average Bonchev–Trinajstić information content (AvgIpc) is 2.57. The second-order valence-corrected chi connectivity index (χ2v) is 4.27. The van der Waals surface area contributed by atoms with E-state index >= 15 is 0 Å². The van der Waals surface area contributed by atoms with Crippen LogP contribution < -0.4 is 0 Å². The lowest BCUT2D eigenvalue weighted by Gasteiger charge is -2.27. The normalized spacial score (nSPS) is 19.2. The first kappa shape index (κ1) is 11.0. The quantitative estimate of drug-likeness (QED) is 0.643. The number of likely N-dealkylation sites (N-methyl/N-ethyl adjacent to an activating group) is 1. The molecule has 0 aromatic heterocycles. The highest BCUT2D eigenvalue weighted by molar-refractivity contribution is 4.69. The minimum atomic E-state index is 0.701. The molecular formula is C11H24N2. The summed E-state index contributed by atoms with van der Waals surface area (Å²) >= 11 is 0. The fourth-order valence-corrected chi connectivity index (χ4v) is 2.06. The predicted octanol–water partition coefficient (Wildman–Crippen LogP) is 1.81. The Morgan fingerprint density at radius 1 is 1.23 bits per heavy atom. The van der Waals surface area contributed by atoms with Crippen LogP contribution in [0.2, 0.25) is 0 Å². The molecule has 0 amide bonds. The van der Waals surface area contributed by atoms with E-state index in [0.717, 1.165) is 0 Å². The topological polar surface area (TPSA) is 6.48 Å². The molecule has 1 aliphatic heterocycles. The third-order valence-electron chi connectivity index (χ3n) is 3.04. The number of hydrogen-bond donors (Lipinski definition) is 0. The summed E-state index contributed by atoms with van der Waals surface area (Å²) in [6.07, 6.45) is 2.82. The van der Waals surface area contributed by atoms with Crippen molar-refractivity contribution in [1.82, 2.24) is 9.80 Å². The van der Waals surface area contributed by atoms with Gasteiger partial charge in [0, 0.05) is 19.1 Å². The van der Waals surface area contributed by atoms with Crippen molar-refractivity contribution in [2.75, 3.05) is 32.7 Å². The molecule has 78 valence electrons. The van der Waals surface area contributed by atoms with E-state index in [4.69, 9.17) is 0 Å². The fraction of sp³-hybridized carbons (Fsp3) is 1.00. The molecule has 2 heteroatoms. The van der Waals surface area contributed by atoms with Gasteiger partial charge in [0.1, 0.15) is 0 Å². The molecule has 1 aliphatic rings. The molecule has 0 atom stereocenters.